The Hall–Kier alpha value is -0.770. The van der Waals surface area contributed by atoms with Gasteiger partial charge in [0.25, 0.3) is 0 Å². The van der Waals surface area contributed by atoms with Crippen molar-refractivity contribution in [1.29, 1.82) is 5.41 Å². The Kier molecular flexibility index (Phi) is 0.481. The van der Waals surface area contributed by atoms with Crippen LogP contribution in [0.5, 0.6) is 0 Å². The lowest BCUT2D eigenvalue weighted by Crippen LogP contribution is -2.18. The molecule has 0 radical (unpaired) electrons. The number of nitrogens with two attached hydrogens (primary N) is 1. The third-order valence-corrected chi connectivity index (χ3v) is 0.527. The first kappa shape index (κ1) is 3.42. The lowest BCUT2D eigenvalue weighted by atomic mass is 11.0. The average Bonchev–Trinajstić information content (AvgIpc) is 2.06. The molecule has 0 amide bonds. The number of rotatable bonds is 0. The summed E-state index contributed by atoms with van der Waals surface area (Å²) in [4.78, 5) is 4.45. The van der Waals surface area contributed by atoms with Gasteiger partial charge >= 0.3 is 0 Å². The molecule has 0 aromatic carbocycles. The molecule has 4 nitrogen and oxygen atoms in total. The van der Waals surface area contributed by atoms with Crippen molar-refractivity contribution in [2.45, 2.75) is 0 Å². The zero-order chi connectivity index (χ0) is 4.57. The summed E-state index contributed by atoms with van der Waals surface area (Å²) in [6, 6.07) is 0. The highest BCUT2D eigenvalue weighted by molar-refractivity contribution is 5.74. The Bertz CT molecular complexity index is 76.9. The second-order valence-electron chi connectivity index (χ2n) is 1.02. The molecule has 0 bridgehead atoms. The molecule has 0 aliphatic carbocycles. The minimum absolute atomic E-state index is 0.0185. The summed E-state index contributed by atoms with van der Waals surface area (Å²) in [5, 5.41) is 7.87. The van der Waals surface area contributed by atoms with Crippen molar-refractivity contribution in [3.8, 4) is 0 Å². The van der Waals surface area contributed by atoms with E-state index in [1.54, 1.807) is 0 Å². The number of nitrogens with one attached hydrogen (secondary N) is 1. The lowest BCUT2D eigenvalue weighted by molar-refractivity contribution is 0.284. The molecule has 1 rings (SSSR count). The second kappa shape index (κ2) is 0.844. The monoisotopic (exact) mass is 87.0 g/mol. The van der Waals surface area contributed by atoms with Gasteiger partial charge in [0.2, 0.25) is 5.96 Å². The molecule has 1 saturated heterocycles. The molecule has 6 heavy (non-hydrogen) atoms. The molecule has 34 valence electrons. The molecule has 4 heteroatoms. The first-order chi connectivity index (χ1) is 2.80. The fourth-order valence-electron chi connectivity index (χ4n) is 0.168. The summed E-state index contributed by atoms with van der Waals surface area (Å²) < 4.78 is 0. The Morgan fingerprint density at radius 3 is 2.50 bits per heavy atom. The van der Waals surface area contributed by atoms with Crippen LogP contribution in [0.2, 0.25) is 0 Å². The number of hydroxylamine groups is 2. The maximum absolute atomic E-state index is 6.59. The van der Waals surface area contributed by atoms with E-state index in [0.29, 0.717) is 6.73 Å². The molecular weight excluding hydrogens is 82.0 g/mol. The summed E-state index contributed by atoms with van der Waals surface area (Å²) in [6.45, 7) is 0.481. The normalized spacial score (nSPS) is 17.7. The Balaban J connectivity index is 2.31. The Morgan fingerprint density at radius 1 is 2.00 bits per heavy atom. The maximum Gasteiger partial charge on any atom is 0.215 e. The van der Waals surface area contributed by atoms with Crippen LogP contribution >= 0.6 is 0 Å². The molecule has 1 heterocycles. The minimum atomic E-state index is -0.0185. The van der Waals surface area contributed by atoms with Crippen LogP contribution in [0, 0.1) is 5.41 Å². The maximum atomic E-state index is 6.59. The molecule has 3 N–H and O–H groups in total. The Morgan fingerprint density at radius 2 is 2.50 bits per heavy atom. The van der Waals surface area contributed by atoms with Crippen LogP contribution < -0.4 is 5.73 Å². The van der Waals surface area contributed by atoms with Gasteiger partial charge in [-0.3, -0.25) is 5.41 Å². The van der Waals surface area contributed by atoms with Gasteiger partial charge in [-0.2, -0.15) is 5.06 Å². The van der Waals surface area contributed by atoms with E-state index in [9.17, 15) is 0 Å². The molecule has 0 aromatic rings. The first-order valence-electron chi connectivity index (χ1n) is 1.55. The SMILES string of the molecule is N=C(N)N1CO1. The van der Waals surface area contributed by atoms with Gasteiger partial charge in [-0.1, -0.05) is 0 Å². The lowest BCUT2D eigenvalue weighted by Gasteiger charge is -1.85. The quantitative estimate of drug-likeness (QED) is 0.228. The predicted molar refractivity (Wildman–Crippen MR) is 19.7 cm³/mol. The van der Waals surface area contributed by atoms with Gasteiger partial charge in [0.15, 0.2) is 6.73 Å². The van der Waals surface area contributed by atoms with Gasteiger partial charge in [-0.15, -0.1) is 0 Å². The van der Waals surface area contributed by atoms with Crippen LogP contribution in [0.15, 0.2) is 0 Å². The largest absolute Gasteiger partial charge is 0.368 e. The highest BCUT2D eigenvalue weighted by Gasteiger charge is 2.19. The van der Waals surface area contributed by atoms with Crippen molar-refractivity contribution in [3.05, 3.63) is 0 Å². The first-order valence-corrected chi connectivity index (χ1v) is 1.55. The van der Waals surface area contributed by atoms with Crippen molar-refractivity contribution in [3.63, 3.8) is 0 Å². The van der Waals surface area contributed by atoms with Crippen molar-refractivity contribution >= 4 is 5.96 Å². The average molecular weight is 87.1 g/mol. The van der Waals surface area contributed by atoms with Crippen LogP contribution in [0.1, 0.15) is 0 Å². The molecule has 1 aliphatic heterocycles. The Labute approximate surface area is 35.0 Å². The summed E-state index contributed by atoms with van der Waals surface area (Å²) in [5.41, 5.74) is 4.88. The smallest absolute Gasteiger partial charge is 0.215 e. The van der Waals surface area contributed by atoms with Gasteiger partial charge in [0, 0.05) is 0 Å². The van der Waals surface area contributed by atoms with E-state index in [4.69, 9.17) is 11.1 Å². The molecule has 0 atom stereocenters. The van der Waals surface area contributed by atoms with Gasteiger partial charge in [-0.05, 0) is 0 Å². The second-order valence-corrected chi connectivity index (χ2v) is 1.02. The third kappa shape index (κ3) is 0.414. The zero-order valence-electron chi connectivity index (χ0n) is 3.14. The third-order valence-electron chi connectivity index (χ3n) is 0.527. The standard InChI is InChI=1S/C2H5N3O/c3-2(4)5-1-6-5/h1H2,(H3,3,4). The summed E-state index contributed by atoms with van der Waals surface area (Å²) in [5.74, 6) is -0.0185. The van der Waals surface area contributed by atoms with Crippen LogP contribution in [-0.4, -0.2) is 17.8 Å². The number of hydrogen-bond donors (Lipinski definition) is 2. The van der Waals surface area contributed by atoms with Gasteiger partial charge in [-0.25, -0.2) is 4.84 Å². The van der Waals surface area contributed by atoms with Crippen molar-refractivity contribution < 1.29 is 4.84 Å². The molecule has 1 fully saturated rings. The topological polar surface area (TPSA) is 65.4 Å². The van der Waals surface area contributed by atoms with Crippen molar-refractivity contribution in [2.75, 3.05) is 6.73 Å². The van der Waals surface area contributed by atoms with Gasteiger partial charge in [0.05, 0.1) is 0 Å². The summed E-state index contributed by atoms with van der Waals surface area (Å²) in [7, 11) is 0. The van der Waals surface area contributed by atoms with E-state index in [1.165, 1.54) is 5.06 Å². The molecule has 0 spiro atoms. The van der Waals surface area contributed by atoms with Crippen LogP contribution in [-0.2, 0) is 4.84 Å². The van der Waals surface area contributed by atoms with E-state index < -0.39 is 0 Å². The molecule has 1 aliphatic rings. The van der Waals surface area contributed by atoms with E-state index in [1.807, 2.05) is 0 Å². The fraction of sp³-hybridized carbons (Fsp3) is 0.500. The van der Waals surface area contributed by atoms with Crippen LogP contribution in [0.4, 0.5) is 0 Å². The summed E-state index contributed by atoms with van der Waals surface area (Å²) >= 11 is 0. The van der Waals surface area contributed by atoms with Crippen molar-refractivity contribution in [2.24, 2.45) is 5.73 Å². The molecular formula is C2H5N3O. The zero-order valence-corrected chi connectivity index (χ0v) is 3.14. The molecule has 0 saturated carbocycles. The van der Waals surface area contributed by atoms with E-state index in [0.717, 1.165) is 0 Å². The van der Waals surface area contributed by atoms with Crippen LogP contribution in [0.25, 0.3) is 0 Å². The number of guanidine groups is 1. The van der Waals surface area contributed by atoms with Crippen LogP contribution in [0.3, 0.4) is 0 Å². The highest BCUT2D eigenvalue weighted by Crippen LogP contribution is 2.01. The molecule has 0 unspecified atom stereocenters. The summed E-state index contributed by atoms with van der Waals surface area (Å²) in [6.07, 6.45) is 0. The number of hydrogen-bond acceptors (Lipinski definition) is 2. The van der Waals surface area contributed by atoms with E-state index >= 15 is 0 Å². The molecule has 0 aromatic heterocycles. The minimum Gasteiger partial charge on any atom is -0.368 e. The number of nitrogens with zero attached hydrogens (tertiary/aromatic N) is 1. The predicted octanol–water partition coefficient (Wildman–Crippen LogP) is -0.915. The van der Waals surface area contributed by atoms with Gasteiger partial charge < -0.3 is 5.73 Å². The van der Waals surface area contributed by atoms with E-state index in [-0.39, 0.29) is 5.96 Å². The van der Waals surface area contributed by atoms with Gasteiger partial charge in [0.1, 0.15) is 0 Å². The fourth-order valence-corrected chi connectivity index (χ4v) is 0.168. The highest BCUT2D eigenvalue weighted by atomic mass is 16.8. The van der Waals surface area contributed by atoms with E-state index in [2.05, 4.69) is 4.84 Å². The van der Waals surface area contributed by atoms with Crippen molar-refractivity contribution in [1.82, 2.24) is 5.06 Å².